The van der Waals surface area contributed by atoms with E-state index in [0.717, 1.165) is 26.1 Å². The maximum Gasteiger partial charge on any atom is 0.123 e. The Bertz CT molecular complexity index is 411. The molecule has 1 heterocycles. The van der Waals surface area contributed by atoms with Gasteiger partial charge in [-0.1, -0.05) is 0 Å². The van der Waals surface area contributed by atoms with Crippen LogP contribution in [-0.4, -0.2) is 36.8 Å². The Morgan fingerprint density at radius 3 is 3.06 bits per heavy atom. The van der Waals surface area contributed by atoms with Crippen LogP contribution in [0.15, 0.2) is 18.2 Å². The summed E-state index contributed by atoms with van der Waals surface area (Å²) in [5.74, 6) is 0.398. The predicted molar refractivity (Wildman–Crippen MR) is 68.0 cm³/mol. The van der Waals surface area contributed by atoms with Crippen molar-refractivity contribution in [3.63, 3.8) is 0 Å². The maximum absolute atomic E-state index is 13.2. The molecule has 0 aromatic heterocycles. The van der Waals surface area contributed by atoms with Crippen molar-refractivity contribution in [3.05, 3.63) is 29.6 Å². The Kier molecular flexibility index (Phi) is 4.19. The summed E-state index contributed by atoms with van der Waals surface area (Å²) in [6.07, 6.45) is 1.09. The lowest BCUT2D eigenvalue weighted by Crippen LogP contribution is -2.25. The lowest BCUT2D eigenvalue weighted by atomic mass is 10.1. The Morgan fingerprint density at radius 2 is 2.33 bits per heavy atom. The molecule has 1 aromatic carbocycles. The number of rotatable bonds is 4. The Balaban J connectivity index is 2.07. The van der Waals surface area contributed by atoms with E-state index in [-0.39, 0.29) is 17.6 Å². The summed E-state index contributed by atoms with van der Waals surface area (Å²) in [5, 5.41) is 9.82. The number of methoxy groups -OCH3 is 1. The molecule has 2 atom stereocenters. The first-order valence-electron chi connectivity index (χ1n) is 6.33. The van der Waals surface area contributed by atoms with Crippen LogP contribution in [0.25, 0.3) is 0 Å². The molecule has 0 saturated carbocycles. The molecular formula is C14H20FNO2. The van der Waals surface area contributed by atoms with E-state index < -0.39 is 0 Å². The highest BCUT2D eigenvalue weighted by molar-refractivity contribution is 5.35. The van der Waals surface area contributed by atoms with Gasteiger partial charge in [-0.15, -0.1) is 0 Å². The van der Waals surface area contributed by atoms with Gasteiger partial charge in [0.05, 0.1) is 6.61 Å². The molecule has 0 amide bonds. The zero-order chi connectivity index (χ0) is 13.1. The SMILES string of the molecule is COCC1CCN(C(C)c2cc(F)ccc2O)C1. The van der Waals surface area contributed by atoms with Crippen molar-refractivity contribution in [1.29, 1.82) is 0 Å². The molecule has 1 fully saturated rings. The number of phenols is 1. The zero-order valence-electron chi connectivity index (χ0n) is 10.9. The average molecular weight is 253 g/mol. The number of hydrogen-bond acceptors (Lipinski definition) is 3. The van der Waals surface area contributed by atoms with E-state index in [1.54, 1.807) is 7.11 Å². The van der Waals surface area contributed by atoms with Gasteiger partial charge in [-0.25, -0.2) is 4.39 Å². The van der Waals surface area contributed by atoms with E-state index >= 15 is 0 Å². The van der Waals surface area contributed by atoms with Crippen LogP contribution in [0.2, 0.25) is 0 Å². The van der Waals surface area contributed by atoms with Gasteiger partial charge in [0.2, 0.25) is 0 Å². The molecule has 4 heteroatoms. The smallest absolute Gasteiger partial charge is 0.123 e. The number of benzene rings is 1. The molecule has 0 aliphatic carbocycles. The lowest BCUT2D eigenvalue weighted by molar-refractivity contribution is 0.148. The molecule has 1 N–H and O–H groups in total. The average Bonchev–Trinajstić information content (AvgIpc) is 2.80. The van der Waals surface area contributed by atoms with Crippen molar-refractivity contribution in [2.24, 2.45) is 5.92 Å². The molecule has 18 heavy (non-hydrogen) atoms. The van der Waals surface area contributed by atoms with E-state index in [1.165, 1.54) is 18.2 Å². The molecule has 0 spiro atoms. The highest BCUT2D eigenvalue weighted by Crippen LogP contribution is 2.32. The number of aromatic hydroxyl groups is 1. The largest absolute Gasteiger partial charge is 0.508 e. The van der Waals surface area contributed by atoms with Crippen LogP contribution in [0.5, 0.6) is 5.75 Å². The minimum Gasteiger partial charge on any atom is -0.508 e. The third-order valence-electron chi connectivity index (χ3n) is 3.71. The maximum atomic E-state index is 13.2. The highest BCUT2D eigenvalue weighted by atomic mass is 19.1. The first kappa shape index (κ1) is 13.3. The van der Waals surface area contributed by atoms with Crippen molar-refractivity contribution >= 4 is 0 Å². The van der Waals surface area contributed by atoms with Crippen LogP contribution in [0.1, 0.15) is 24.9 Å². The number of ether oxygens (including phenoxy) is 1. The summed E-state index contributed by atoms with van der Waals surface area (Å²) >= 11 is 0. The molecule has 3 nitrogen and oxygen atoms in total. The van der Waals surface area contributed by atoms with Crippen molar-refractivity contribution in [1.82, 2.24) is 4.90 Å². The fraction of sp³-hybridized carbons (Fsp3) is 0.571. The van der Waals surface area contributed by atoms with Crippen molar-refractivity contribution in [2.75, 3.05) is 26.8 Å². The number of likely N-dealkylation sites (tertiary alicyclic amines) is 1. The number of halogens is 1. The van der Waals surface area contributed by atoms with E-state index in [0.29, 0.717) is 11.5 Å². The third-order valence-corrected chi connectivity index (χ3v) is 3.71. The van der Waals surface area contributed by atoms with Crippen molar-refractivity contribution < 1.29 is 14.2 Å². The summed E-state index contributed by atoms with van der Waals surface area (Å²) in [7, 11) is 1.71. The number of hydrogen-bond donors (Lipinski definition) is 1. The molecule has 1 aromatic rings. The van der Waals surface area contributed by atoms with Crippen LogP contribution in [-0.2, 0) is 4.74 Å². The quantitative estimate of drug-likeness (QED) is 0.895. The minimum atomic E-state index is -0.303. The van der Waals surface area contributed by atoms with Gasteiger partial charge in [-0.05, 0) is 44.0 Å². The van der Waals surface area contributed by atoms with E-state index in [2.05, 4.69) is 4.90 Å². The summed E-state index contributed by atoms with van der Waals surface area (Å²) in [5.41, 5.74) is 0.660. The second-order valence-corrected chi connectivity index (χ2v) is 4.98. The monoisotopic (exact) mass is 253 g/mol. The van der Waals surface area contributed by atoms with Crippen LogP contribution in [0.4, 0.5) is 4.39 Å². The summed E-state index contributed by atoms with van der Waals surface area (Å²) in [6, 6.07) is 4.15. The van der Waals surface area contributed by atoms with E-state index in [9.17, 15) is 9.50 Å². The molecule has 2 unspecified atom stereocenters. The molecule has 1 saturated heterocycles. The van der Waals surface area contributed by atoms with Crippen LogP contribution in [0.3, 0.4) is 0 Å². The molecule has 1 aliphatic rings. The first-order valence-corrected chi connectivity index (χ1v) is 6.33. The number of nitrogens with zero attached hydrogens (tertiary/aromatic N) is 1. The summed E-state index contributed by atoms with van der Waals surface area (Å²) < 4.78 is 18.4. The van der Waals surface area contributed by atoms with Crippen molar-refractivity contribution in [2.45, 2.75) is 19.4 Å². The van der Waals surface area contributed by atoms with Crippen molar-refractivity contribution in [3.8, 4) is 5.75 Å². The molecule has 100 valence electrons. The van der Waals surface area contributed by atoms with Crippen LogP contribution < -0.4 is 0 Å². The Morgan fingerprint density at radius 1 is 1.56 bits per heavy atom. The first-order chi connectivity index (χ1) is 8.61. The van der Waals surface area contributed by atoms with Gasteiger partial charge in [0.25, 0.3) is 0 Å². The van der Waals surface area contributed by atoms with Crippen LogP contribution >= 0.6 is 0 Å². The standard InChI is InChI=1S/C14H20FNO2/c1-10(13-7-12(15)3-4-14(13)17)16-6-5-11(8-16)9-18-2/h3-4,7,10-11,17H,5-6,8-9H2,1-2H3. The van der Waals surface area contributed by atoms with Gasteiger partial charge < -0.3 is 9.84 Å². The van der Waals surface area contributed by atoms with Gasteiger partial charge in [-0.2, -0.15) is 0 Å². The Labute approximate surface area is 107 Å². The number of phenolic OH excluding ortho intramolecular Hbond substituents is 1. The van der Waals surface area contributed by atoms with Crippen LogP contribution in [0, 0.1) is 11.7 Å². The molecule has 1 aliphatic heterocycles. The molecule has 0 bridgehead atoms. The van der Waals surface area contributed by atoms with Gasteiger partial charge in [0.1, 0.15) is 11.6 Å². The Hall–Kier alpha value is -1.13. The normalized spacial score (nSPS) is 22.3. The lowest BCUT2D eigenvalue weighted by Gasteiger charge is -2.25. The second-order valence-electron chi connectivity index (χ2n) is 4.98. The second kappa shape index (κ2) is 5.67. The van der Waals surface area contributed by atoms with Gasteiger partial charge >= 0.3 is 0 Å². The molecule has 0 radical (unpaired) electrons. The predicted octanol–water partition coefficient (Wildman–Crippen LogP) is 2.56. The third kappa shape index (κ3) is 2.82. The minimum absolute atomic E-state index is 0.0301. The topological polar surface area (TPSA) is 32.7 Å². The molecule has 2 rings (SSSR count). The van der Waals surface area contributed by atoms with E-state index in [4.69, 9.17) is 4.74 Å². The van der Waals surface area contributed by atoms with Gasteiger partial charge in [0.15, 0.2) is 0 Å². The zero-order valence-corrected chi connectivity index (χ0v) is 10.9. The summed E-state index contributed by atoms with van der Waals surface area (Å²) in [6.45, 7) is 4.66. The fourth-order valence-electron chi connectivity index (χ4n) is 2.64. The summed E-state index contributed by atoms with van der Waals surface area (Å²) in [4.78, 5) is 2.26. The van der Waals surface area contributed by atoms with E-state index in [1.807, 2.05) is 6.92 Å². The van der Waals surface area contributed by atoms with Gasteiger partial charge in [0, 0.05) is 25.3 Å². The highest BCUT2D eigenvalue weighted by Gasteiger charge is 2.27. The molecular weight excluding hydrogens is 233 g/mol. The van der Waals surface area contributed by atoms with Gasteiger partial charge in [-0.3, -0.25) is 4.90 Å². The fourth-order valence-corrected chi connectivity index (χ4v) is 2.64.